The van der Waals surface area contributed by atoms with Gasteiger partial charge in [-0.15, -0.1) is 11.3 Å². The Kier molecular flexibility index (Phi) is 5.90. The molecule has 1 unspecified atom stereocenters. The van der Waals surface area contributed by atoms with E-state index in [4.69, 9.17) is 22.1 Å². The van der Waals surface area contributed by atoms with Gasteiger partial charge in [-0.1, -0.05) is 30.7 Å². The van der Waals surface area contributed by atoms with Crippen LogP contribution in [0.4, 0.5) is 0 Å². The molecule has 1 atom stereocenters. The highest BCUT2D eigenvalue weighted by molar-refractivity contribution is 9.10. The summed E-state index contributed by atoms with van der Waals surface area (Å²) in [6.45, 7) is 2.59. The summed E-state index contributed by atoms with van der Waals surface area (Å²) in [4.78, 5) is 1.15. The van der Waals surface area contributed by atoms with Gasteiger partial charge >= 0.3 is 0 Å². The van der Waals surface area contributed by atoms with Crippen LogP contribution in [0, 0.1) is 0 Å². The predicted molar refractivity (Wildman–Crippen MR) is 89.8 cm³/mol. The van der Waals surface area contributed by atoms with Gasteiger partial charge in [0.05, 0.1) is 9.90 Å². The van der Waals surface area contributed by atoms with Crippen LogP contribution < -0.4 is 10.5 Å². The van der Waals surface area contributed by atoms with Gasteiger partial charge in [-0.25, -0.2) is 0 Å². The molecule has 1 heterocycles. The maximum absolute atomic E-state index is 6.26. The zero-order chi connectivity index (χ0) is 14.5. The molecule has 2 N–H and O–H groups in total. The van der Waals surface area contributed by atoms with E-state index < -0.39 is 0 Å². The molecule has 0 saturated heterocycles. The van der Waals surface area contributed by atoms with E-state index >= 15 is 0 Å². The lowest BCUT2D eigenvalue weighted by Crippen LogP contribution is -2.21. The summed E-state index contributed by atoms with van der Waals surface area (Å²) in [6, 6.07) is 7.96. The number of ether oxygens (including phenoxy) is 1. The number of nitrogens with two attached hydrogens (primary N) is 1. The number of halogens is 2. The molecule has 1 aromatic heterocycles. The van der Waals surface area contributed by atoms with Gasteiger partial charge < -0.3 is 10.5 Å². The van der Waals surface area contributed by atoms with E-state index in [1.165, 1.54) is 0 Å². The molecule has 0 saturated carbocycles. The highest BCUT2D eigenvalue weighted by Crippen LogP contribution is 2.32. The minimum absolute atomic E-state index is 0.129. The van der Waals surface area contributed by atoms with Gasteiger partial charge in [-0.3, -0.25) is 0 Å². The summed E-state index contributed by atoms with van der Waals surface area (Å²) in [5.41, 5.74) is 7.10. The van der Waals surface area contributed by atoms with Crippen LogP contribution >= 0.6 is 38.9 Å². The van der Waals surface area contributed by atoms with Gasteiger partial charge in [0, 0.05) is 10.5 Å². The lowest BCUT2D eigenvalue weighted by Gasteiger charge is -2.15. The van der Waals surface area contributed by atoms with Gasteiger partial charge in [-0.2, -0.15) is 0 Å². The van der Waals surface area contributed by atoms with Crippen LogP contribution in [0.3, 0.4) is 0 Å². The fourth-order valence-corrected chi connectivity index (χ4v) is 3.50. The highest BCUT2D eigenvalue weighted by Gasteiger charge is 2.12. The van der Waals surface area contributed by atoms with Crippen molar-refractivity contribution in [3.8, 4) is 5.75 Å². The molecule has 2 aromatic rings. The van der Waals surface area contributed by atoms with Gasteiger partial charge in [0.2, 0.25) is 0 Å². The zero-order valence-corrected chi connectivity index (χ0v) is 14.4. The van der Waals surface area contributed by atoms with E-state index in [9.17, 15) is 0 Å². The van der Waals surface area contributed by atoms with E-state index in [-0.39, 0.29) is 6.04 Å². The molecule has 0 aliphatic carbocycles. The lowest BCUT2D eigenvalue weighted by atomic mass is 10.0. The first-order valence-corrected chi connectivity index (χ1v) is 8.54. The fraction of sp³-hybridized carbons (Fsp3) is 0.333. The van der Waals surface area contributed by atoms with Gasteiger partial charge in [-0.05, 0) is 51.8 Å². The molecule has 0 fully saturated rings. The van der Waals surface area contributed by atoms with Crippen molar-refractivity contribution in [2.75, 3.05) is 0 Å². The fourth-order valence-electron chi connectivity index (χ4n) is 1.87. The van der Waals surface area contributed by atoms with Crippen molar-refractivity contribution < 1.29 is 4.74 Å². The summed E-state index contributed by atoms with van der Waals surface area (Å²) in [5.74, 6) is 0.748. The molecule has 0 amide bonds. The third kappa shape index (κ3) is 3.98. The normalized spacial score (nSPS) is 12.4. The summed E-state index contributed by atoms with van der Waals surface area (Å²) < 4.78 is 7.00. The monoisotopic (exact) mass is 373 g/mol. The molecular formula is C15H17BrClNOS. The largest absolute Gasteiger partial charge is 0.486 e. The average Bonchev–Trinajstić information content (AvgIpc) is 2.83. The Morgan fingerprint density at radius 1 is 1.40 bits per heavy atom. The number of benzene rings is 1. The van der Waals surface area contributed by atoms with Gasteiger partial charge in [0.15, 0.2) is 0 Å². The first-order chi connectivity index (χ1) is 9.61. The van der Waals surface area contributed by atoms with Crippen molar-refractivity contribution in [2.45, 2.75) is 32.4 Å². The van der Waals surface area contributed by atoms with Crippen LogP contribution in [0.5, 0.6) is 5.75 Å². The number of para-hydroxylation sites is 1. The van der Waals surface area contributed by atoms with Crippen LogP contribution in [0.2, 0.25) is 5.02 Å². The molecule has 108 valence electrons. The van der Waals surface area contributed by atoms with Crippen molar-refractivity contribution in [1.82, 2.24) is 0 Å². The molecule has 2 nitrogen and oxygen atoms in total. The summed E-state index contributed by atoms with van der Waals surface area (Å²) >= 11 is 11.4. The van der Waals surface area contributed by atoms with Crippen molar-refractivity contribution >= 4 is 38.9 Å². The molecule has 0 radical (unpaired) electrons. The molecule has 20 heavy (non-hydrogen) atoms. The van der Waals surface area contributed by atoms with E-state index in [1.807, 2.05) is 29.6 Å². The van der Waals surface area contributed by atoms with E-state index in [2.05, 4.69) is 22.9 Å². The molecule has 0 bridgehead atoms. The second kappa shape index (κ2) is 7.46. The van der Waals surface area contributed by atoms with E-state index in [0.717, 1.165) is 33.5 Å². The Morgan fingerprint density at radius 3 is 2.85 bits per heavy atom. The Labute approximate surface area is 137 Å². The molecule has 2 rings (SSSR count). The molecule has 5 heteroatoms. The van der Waals surface area contributed by atoms with Crippen molar-refractivity contribution in [3.05, 3.63) is 49.6 Å². The Hall–Kier alpha value is -0.550. The maximum atomic E-state index is 6.26. The van der Waals surface area contributed by atoms with Crippen LogP contribution in [-0.2, 0) is 13.0 Å². The summed E-state index contributed by atoms with van der Waals surface area (Å²) in [5, 5.41) is 2.67. The number of hydrogen-bond donors (Lipinski definition) is 1. The standard InChI is InChI=1S/C15H17BrClNOS/c1-2-11(18)8-10-4-3-5-13(17)15(10)19-9-14-12(16)6-7-20-14/h3-7,11H,2,8-9,18H2,1H3. The third-order valence-electron chi connectivity index (χ3n) is 3.09. The molecule has 1 aromatic carbocycles. The number of thiophene rings is 1. The van der Waals surface area contributed by atoms with Gasteiger partial charge in [0.25, 0.3) is 0 Å². The molecule has 0 aliphatic rings. The quantitative estimate of drug-likeness (QED) is 0.770. The second-order valence-corrected chi connectivity index (χ2v) is 6.84. The number of hydrogen-bond acceptors (Lipinski definition) is 3. The van der Waals surface area contributed by atoms with Crippen molar-refractivity contribution in [3.63, 3.8) is 0 Å². The number of rotatable bonds is 6. The van der Waals surface area contributed by atoms with Gasteiger partial charge in [0.1, 0.15) is 12.4 Å². The lowest BCUT2D eigenvalue weighted by molar-refractivity contribution is 0.305. The Morgan fingerprint density at radius 2 is 2.20 bits per heavy atom. The highest BCUT2D eigenvalue weighted by atomic mass is 79.9. The molecular weight excluding hydrogens is 358 g/mol. The predicted octanol–water partition coefficient (Wildman–Crippen LogP) is 5.02. The van der Waals surface area contributed by atoms with Crippen LogP contribution in [0.15, 0.2) is 34.1 Å². The SMILES string of the molecule is CCC(N)Cc1cccc(Cl)c1OCc1sccc1Br. The van der Waals surface area contributed by atoms with Crippen LogP contribution in [-0.4, -0.2) is 6.04 Å². The van der Waals surface area contributed by atoms with E-state index in [0.29, 0.717) is 11.6 Å². The Bertz CT molecular complexity index is 573. The first kappa shape index (κ1) is 15.8. The first-order valence-electron chi connectivity index (χ1n) is 6.49. The smallest absolute Gasteiger partial charge is 0.141 e. The average molecular weight is 375 g/mol. The molecule has 0 aliphatic heterocycles. The van der Waals surface area contributed by atoms with E-state index in [1.54, 1.807) is 11.3 Å². The summed E-state index contributed by atoms with van der Waals surface area (Å²) in [6.07, 6.45) is 1.71. The summed E-state index contributed by atoms with van der Waals surface area (Å²) in [7, 11) is 0. The minimum Gasteiger partial charge on any atom is -0.486 e. The van der Waals surface area contributed by atoms with Crippen LogP contribution in [0.1, 0.15) is 23.8 Å². The van der Waals surface area contributed by atoms with Crippen molar-refractivity contribution in [2.24, 2.45) is 5.73 Å². The van der Waals surface area contributed by atoms with Crippen molar-refractivity contribution in [1.29, 1.82) is 0 Å². The van der Waals surface area contributed by atoms with Crippen LogP contribution in [0.25, 0.3) is 0 Å². The minimum atomic E-state index is 0.129. The topological polar surface area (TPSA) is 35.2 Å². The third-order valence-corrected chi connectivity index (χ3v) is 5.29. The molecule has 0 spiro atoms. The zero-order valence-electron chi connectivity index (χ0n) is 11.2. The second-order valence-electron chi connectivity index (χ2n) is 4.58. The maximum Gasteiger partial charge on any atom is 0.141 e. The Balaban J connectivity index is 2.15.